The van der Waals surface area contributed by atoms with Gasteiger partial charge in [-0.05, 0) is 63.3 Å². The Morgan fingerprint density at radius 2 is 2.03 bits per heavy atom. The smallest absolute Gasteiger partial charge is 0.341 e. The fraction of sp³-hybridized carbons (Fsp3) is 0.280. The van der Waals surface area contributed by atoms with E-state index in [1.807, 2.05) is 36.4 Å². The zero-order valence-electron chi connectivity index (χ0n) is 18.9. The van der Waals surface area contributed by atoms with Crippen LogP contribution in [0.4, 0.5) is 5.00 Å². The van der Waals surface area contributed by atoms with Crippen molar-refractivity contribution in [2.75, 3.05) is 11.9 Å². The van der Waals surface area contributed by atoms with Crippen molar-refractivity contribution in [1.82, 2.24) is 9.78 Å². The van der Waals surface area contributed by atoms with Crippen molar-refractivity contribution in [2.24, 2.45) is 0 Å². The highest BCUT2D eigenvalue weighted by Gasteiger charge is 2.28. The lowest BCUT2D eigenvalue weighted by molar-refractivity contribution is -0.112. The molecule has 9 heteroatoms. The predicted octanol–water partition coefficient (Wildman–Crippen LogP) is 5.50. The molecule has 174 valence electrons. The van der Waals surface area contributed by atoms with Crippen molar-refractivity contribution in [3.8, 4) is 11.8 Å². The number of nitriles is 1. The van der Waals surface area contributed by atoms with Crippen molar-refractivity contribution in [1.29, 1.82) is 5.26 Å². The molecule has 0 spiro atoms. The van der Waals surface area contributed by atoms with E-state index in [9.17, 15) is 14.9 Å². The molecule has 0 aliphatic heterocycles. The Hall–Kier alpha value is -3.41. The molecule has 0 radical (unpaired) electrons. The number of aryl methyl sites for hydroxylation is 2. The number of aromatic nitrogens is 2. The molecular formula is C25H23ClN4O3S. The maximum absolute atomic E-state index is 13.1. The molecule has 1 N–H and O–H groups in total. The van der Waals surface area contributed by atoms with E-state index in [2.05, 4.69) is 10.4 Å². The summed E-state index contributed by atoms with van der Waals surface area (Å²) in [5, 5.41) is 17.7. The lowest BCUT2D eigenvalue weighted by atomic mass is 9.95. The summed E-state index contributed by atoms with van der Waals surface area (Å²) in [5.74, 6) is -1.07. The Balaban J connectivity index is 1.67. The number of anilines is 1. The Kier molecular flexibility index (Phi) is 7.15. The summed E-state index contributed by atoms with van der Waals surface area (Å²) in [4.78, 5) is 26.8. The van der Waals surface area contributed by atoms with Crippen LogP contribution in [0.5, 0.6) is 0 Å². The van der Waals surface area contributed by atoms with Crippen LogP contribution < -0.4 is 5.32 Å². The number of esters is 1. The van der Waals surface area contributed by atoms with E-state index < -0.39 is 11.9 Å². The van der Waals surface area contributed by atoms with Gasteiger partial charge in [0.1, 0.15) is 21.8 Å². The van der Waals surface area contributed by atoms with Crippen LogP contribution in [0.3, 0.4) is 0 Å². The lowest BCUT2D eigenvalue weighted by Gasteiger charge is -2.12. The summed E-state index contributed by atoms with van der Waals surface area (Å²) in [6.45, 7) is 3.74. The molecule has 34 heavy (non-hydrogen) atoms. The molecule has 0 fully saturated rings. The molecule has 1 aliphatic rings. The number of thiophene rings is 1. The molecule has 1 amide bonds. The van der Waals surface area contributed by atoms with Crippen LogP contribution in [0.25, 0.3) is 11.8 Å². The summed E-state index contributed by atoms with van der Waals surface area (Å²) < 4.78 is 6.80. The molecule has 7 nitrogen and oxygen atoms in total. The summed E-state index contributed by atoms with van der Waals surface area (Å²) >= 11 is 7.93. The van der Waals surface area contributed by atoms with Crippen molar-refractivity contribution in [3.63, 3.8) is 0 Å². The van der Waals surface area contributed by atoms with E-state index in [0.717, 1.165) is 41.8 Å². The molecule has 0 saturated carbocycles. The number of rotatable bonds is 6. The lowest BCUT2D eigenvalue weighted by Crippen LogP contribution is -2.16. The van der Waals surface area contributed by atoms with Crippen molar-refractivity contribution >= 4 is 45.9 Å². The number of fused-ring (bicyclic) bond motifs is 1. The highest BCUT2D eigenvalue weighted by Crippen LogP contribution is 2.39. The molecule has 4 rings (SSSR count). The molecule has 2 heterocycles. The number of hydrogen-bond donors (Lipinski definition) is 1. The molecule has 1 aromatic carbocycles. The normalized spacial score (nSPS) is 13.2. The first kappa shape index (κ1) is 23.7. The number of hydrogen-bond acceptors (Lipinski definition) is 6. The molecule has 3 aromatic rings. The third-order valence-electron chi connectivity index (χ3n) is 5.58. The summed E-state index contributed by atoms with van der Waals surface area (Å²) in [5.41, 5.74) is 3.02. The first-order valence-electron chi connectivity index (χ1n) is 11.0. The average molecular weight is 495 g/mol. The zero-order chi connectivity index (χ0) is 24.2. The van der Waals surface area contributed by atoms with E-state index in [1.54, 1.807) is 18.5 Å². The SMILES string of the molecule is CCOC(=O)c1c(NC(=O)C(C#N)=Cc2c(C)nn(-c3ccccc3)c2Cl)sc2c1CCCC2. The van der Waals surface area contributed by atoms with Crippen LogP contribution >= 0.6 is 22.9 Å². The Morgan fingerprint density at radius 3 is 2.74 bits per heavy atom. The maximum Gasteiger partial charge on any atom is 0.341 e. The van der Waals surface area contributed by atoms with Crippen LogP contribution in [0.1, 0.15) is 51.8 Å². The summed E-state index contributed by atoms with van der Waals surface area (Å²) in [6, 6.07) is 11.3. The second-order valence-electron chi connectivity index (χ2n) is 7.80. The topological polar surface area (TPSA) is 97.0 Å². The number of nitrogens with one attached hydrogen (secondary N) is 1. The molecule has 2 aromatic heterocycles. The molecule has 0 unspecified atom stereocenters. The van der Waals surface area contributed by atoms with Gasteiger partial charge in [-0.25, -0.2) is 9.48 Å². The van der Waals surface area contributed by atoms with Gasteiger partial charge in [0.05, 0.1) is 23.6 Å². The number of benzene rings is 1. The minimum Gasteiger partial charge on any atom is -0.462 e. The van der Waals surface area contributed by atoms with Gasteiger partial charge in [0.15, 0.2) is 0 Å². The van der Waals surface area contributed by atoms with Crippen LogP contribution in [0.15, 0.2) is 35.9 Å². The van der Waals surface area contributed by atoms with E-state index in [4.69, 9.17) is 16.3 Å². The number of carbonyl (C=O) groups is 2. The van der Waals surface area contributed by atoms with E-state index in [-0.39, 0.29) is 12.2 Å². The number of amides is 1. The minimum atomic E-state index is -0.616. The number of ether oxygens (including phenoxy) is 1. The van der Waals surface area contributed by atoms with Gasteiger partial charge in [-0.1, -0.05) is 29.8 Å². The van der Waals surface area contributed by atoms with Gasteiger partial charge in [0.2, 0.25) is 0 Å². The molecule has 0 atom stereocenters. The minimum absolute atomic E-state index is 0.140. The molecule has 0 saturated heterocycles. The molecule has 0 bridgehead atoms. The second kappa shape index (κ2) is 10.2. The third-order valence-corrected chi connectivity index (χ3v) is 7.15. The maximum atomic E-state index is 13.1. The highest BCUT2D eigenvalue weighted by molar-refractivity contribution is 7.17. The van der Waals surface area contributed by atoms with Crippen LogP contribution in [-0.2, 0) is 22.4 Å². The largest absolute Gasteiger partial charge is 0.462 e. The zero-order valence-corrected chi connectivity index (χ0v) is 20.4. The second-order valence-corrected chi connectivity index (χ2v) is 9.26. The Labute approximate surface area is 206 Å². The van der Waals surface area contributed by atoms with Crippen LogP contribution in [0, 0.1) is 18.3 Å². The fourth-order valence-corrected chi connectivity index (χ4v) is 5.55. The van der Waals surface area contributed by atoms with Gasteiger partial charge >= 0.3 is 5.97 Å². The van der Waals surface area contributed by atoms with Gasteiger partial charge in [0.25, 0.3) is 5.91 Å². The first-order chi connectivity index (χ1) is 16.4. The van der Waals surface area contributed by atoms with Crippen molar-refractivity contribution < 1.29 is 14.3 Å². The first-order valence-corrected chi connectivity index (χ1v) is 12.2. The van der Waals surface area contributed by atoms with Gasteiger partial charge in [-0.2, -0.15) is 10.4 Å². The van der Waals surface area contributed by atoms with E-state index in [1.165, 1.54) is 17.4 Å². The predicted molar refractivity (Wildman–Crippen MR) is 132 cm³/mol. The van der Waals surface area contributed by atoms with E-state index in [0.29, 0.717) is 27.0 Å². The number of carbonyl (C=O) groups excluding carboxylic acids is 2. The Morgan fingerprint density at radius 1 is 1.29 bits per heavy atom. The van der Waals surface area contributed by atoms with Gasteiger partial charge < -0.3 is 10.1 Å². The highest BCUT2D eigenvalue weighted by atomic mass is 35.5. The van der Waals surface area contributed by atoms with Crippen molar-refractivity contribution in [3.05, 3.63) is 68.3 Å². The Bertz CT molecular complexity index is 1320. The number of halogens is 1. The third kappa shape index (κ3) is 4.63. The number of para-hydroxylation sites is 1. The monoisotopic (exact) mass is 494 g/mol. The van der Waals surface area contributed by atoms with Crippen molar-refractivity contribution in [2.45, 2.75) is 39.5 Å². The van der Waals surface area contributed by atoms with Crippen LogP contribution in [-0.4, -0.2) is 28.3 Å². The fourth-order valence-electron chi connectivity index (χ4n) is 3.95. The summed E-state index contributed by atoms with van der Waals surface area (Å²) in [7, 11) is 0. The standard InChI is InChI=1S/C25H23ClN4O3S/c1-3-33-25(32)21-18-11-7-8-12-20(18)34-24(21)28-23(31)16(14-27)13-19-15(2)29-30(22(19)26)17-9-5-4-6-10-17/h4-6,9-10,13H,3,7-8,11-12H2,1-2H3,(H,28,31). The molecular weight excluding hydrogens is 472 g/mol. The van der Waals surface area contributed by atoms with Crippen LogP contribution in [0.2, 0.25) is 5.15 Å². The van der Waals surface area contributed by atoms with Gasteiger partial charge in [0, 0.05) is 10.4 Å². The van der Waals surface area contributed by atoms with Gasteiger partial charge in [-0.15, -0.1) is 11.3 Å². The quantitative estimate of drug-likeness (QED) is 0.277. The number of nitrogens with zero attached hydrogens (tertiary/aromatic N) is 3. The van der Waals surface area contributed by atoms with E-state index >= 15 is 0 Å². The van der Waals surface area contributed by atoms with Gasteiger partial charge in [-0.3, -0.25) is 4.79 Å². The average Bonchev–Trinajstić information content (AvgIpc) is 3.34. The molecule has 1 aliphatic carbocycles. The summed E-state index contributed by atoms with van der Waals surface area (Å²) in [6.07, 6.45) is 5.07.